The van der Waals surface area contributed by atoms with E-state index in [4.69, 9.17) is 4.74 Å². The first-order valence-corrected chi connectivity index (χ1v) is 9.03. The zero-order valence-corrected chi connectivity index (χ0v) is 14.3. The highest BCUT2D eigenvalue weighted by Gasteiger charge is 2.30. The van der Waals surface area contributed by atoms with Gasteiger partial charge in [-0.2, -0.15) is 0 Å². The maximum absolute atomic E-state index is 10.2. The maximum atomic E-state index is 10.2. The summed E-state index contributed by atoms with van der Waals surface area (Å²) >= 11 is 0. The Bertz CT molecular complexity index is 469. The van der Waals surface area contributed by atoms with Crippen molar-refractivity contribution in [1.29, 1.82) is 0 Å². The van der Waals surface area contributed by atoms with E-state index in [0.717, 1.165) is 51.3 Å². The van der Waals surface area contributed by atoms with Gasteiger partial charge in [0.15, 0.2) is 0 Å². The molecule has 1 saturated heterocycles. The van der Waals surface area contributed by atoms with Crippen LogP contribution in [0.15, 0.2) is 24.3 Å². The smallest absolute Gasteiger partial charge is 0.118 e. The second kappa shape index (κ2) is 8.13. The van der Waals surface area contributed by atoms with E-state index in [1.807, 2.05) is 12.1 Å². The van der Waals surface area contributed by atoms with Crippen molar-refractivity contribution in [2.45, 2.75) is 44.2 Å². The molecule has 0 amide bonds. The summed E-state index contributed by atoms with van der Waals surface area (Å²) in [5, 5.41) is 10.2. The number of benzene rings is 1. The van der Waals surface area contributed by atoms with E-state index in [2.05, 4.69) is 21.9 Å². The molecule has 2 fully saturated rings. The van der Waals surface area contributed by atoms with Gasteiger partial charge in [-0.1, -0.05) is 25.0 Å². The van der Waals surface area contributed by atoms with Gasteiger partial charge in [0.05, 0.1) is 13.2 Å². The summed E-state index contributed by atoms with van der Waals surface area (Å²) in [4.78, 5) is 5.07. The van der Waals surface area contributed by atoms with E-state index in [9.17, 15) is 5.11 Å². The van der Waals surface area contributed by atoms with Crippen LogP contribution in [0.25, 0.3) is 0 Å². The molecule has 128 valence electrons. The van der Waals surface area contributed by atoms with Crippen molar-refractivity contribution in [3.63, 3.8) is 0 Å². The third-order valence-corrected chi connectivity index (χ3v) is 5.45. The minimum Gasteiger partial charge on any atom is -0.497 e. The Morgan fingerprint density at radius 1 is 1.04 bits per heavy atom. The molecule has 4 heteroatoms. The average molecular weight is 318 g/mol. The Balaban J connectivity index is 1.42. The van der Waals surface area contributed by atoms with Gasteiger partial charge in [-0.15, -0.1) is 0 Å². The molecule has 1 heterocycles. The monoisotopic (exact) mass is 318 g/mol. The predicted molar refractivity (Wildman–Crippen MR) is 93.0 cm³/mol. The Morgan fingerprint density at radius 2 is 1.74 bits per heavy atom. The Kier molecular flexibility index (Phi) is 5.92. The van der Waals surface area contributed by atoms with Crippen LogP contribution in [-0.4, -0.2) is 66.9 Å². The molecule has 0 spiro atoms. The fraction of sp³-hybridized carbons (Fsp3) is 0.684. The summed E-state index contributed by atoms with van der Waals surface area (Å²) in [5.74, 6) is 0.924. The summed E-state index contributed by atoms with van der Waals surface area (Å²) in [5.41, 5.74) is 1.37. The fourth-order valence-electron chi connectivity index (χ4n) is 3.92. The van der Waals surface area contributed by atoms with Crippen molar-refractivity contribution < 1.29 is 9.84 Å². The molecule has 0 bridgehead atoms. The van der Waals surface area contributed by atoms with Crippen molar-refractivity contribution in [3.05, 3.63) is 29.8 Å². The van der Waals surface area contributed by atoms with Crippen molar-refractivity contribution in [2.24, 2.45) is 0 Å². The molecule has 1 aromatic rings. The number of hydrogen-bond donors (Lipinski definition) is 1. The van der Waals surface area contributed by atoms with Gasteiger partial charge < -0.3 is 14.7 Å². The number of aliphatic hydroxyl groups is 1. The second-order valence-electron chi connectivity index (χ2n) is 6.89. The van der Waals surface area contributed by atoms with Crippen molar-refractivity contribution in [3.8, 4) is 5.75 Å². The molecular formula is C19H30N2O2. The highest BCUT2D eigenvalue weighted by Crippen LogP contribution is 2.24. The predicted octanol–water partition coefficient (Wildman–Crippen LogP) is 2.16. The van der Waals surface area contributed by atoms with Crippen LogP contribution in [0.4, 0.5) is 0 Å². The van der Waals surface area contributed by atoms with Crippen LogP contribution in [0, 0.1) is 0 Å². The highest BCUT2D eigenvalue weighted by atomic mass is 16.5. The van der Waals surface area contributed by atoms with E-state index in [1.54, 1.807) is 7.11 Å². The molecule has 1 N–H and O–H groups in total. The normalized spacial score (nSPS) is 27.0. The molecule has 0 unspecified atom stereocenters. The van der Waals surface area contributed by atoms with Gasteiger partial charge >= 0.3 is 0 Å². The number of rotatable bonds is 5. The van der Waals surface area contributed by atoms with Crippen molar-refractivity contribution in [2.75, 3.05) is 39.8 Å². The quantitative estimate of drug-likeness (QED) is 0.902. The minimum absolute atomic E-state index is 0.102. The van der Waals surface area contributed by atoms with Gasteiger partial charge in [-0.05, 0) is 37.0 Å². The number of ether oxygens (including phenoxy) is 1. The van der Waals surface area contributed by atoms with Gasteiger partial charge in [0.2, 0.25) is 0 Å². The van der Waals surface area contributed by atoms with E-state index >= 15 is 0 Å². The average Bonchev–Trinajstić information content (AvgIpc) is 2.61. The summed E-state index contributed by atoms with van der Waals surface area (Å²) in [6.45, 7) is 5.57. The molecule has 1 aliphatic heterocycles. The van der Waals surface area contributed by atoms with Gasteiger partial charge in [0.1, 0.15) is 5.75 Å². The lowest BCUT2D eigenvalue weighted by molar-refractivity contribution is -0.00329. The van der Waals surface area contributed by atoms with Crippen molar-refractivity contribution in [1.82, 2.24) is 9.80 Å². The van der Waals surface area contributed by atoms with Gasteiger partial charge in [0, 0.05) is 38.8 Å². The number of nitrogens with zero attached hydrogens (tertiary/aromatic N) is 2. The lowest BCUT2D eigenvalue weighted by Crippen LogP contribution is -2.54. The lowest BCUT2D eigenvalue weighted by Gasteiger charge is -2.42. The van der Waals surface area contributed by atoms with Crippen molar-refractivity contribution >= 4 is 0 Å². The molecule has 0 radical (unpaired) electrons. The maximum Gasteiger partial charge on any atom is 0.118 e. The molecular weight excluding hydrogens is 288 g/mol. The van der Waals surface area contributed by atoms with Crippen LogP contribution in [0.5, 0.6) is 5.75 Å². The highest BCUT2D eigenvalue weighted by molar-refractivity contribution is 5.27. The summed E-state index contributed by atoms with van der Waals surface area (Å²) in [6, 6.07) is 8.81. The Labute approximate surface area is 140 Å². The van der Waals surface area contributed by atoms with Gasteiger partial charge in [-0.3, -0.25) is 4.90 Å². The molecule has 4 nitrogen and oxygen atoms in total. The van der Waals surface area contributed by atoms with Crippen LogP contribution in [0.1, 0.15) is 31.2 Å². The number of methoxy groups -OCH3 is 1. The third-order valence-electron chi connectivity index (χ3n) is 5.45. The van der Waals surface area contributed by atoms with Crippen LogP contribution in [-0.2, 0) is 6.42 Å². The summed E-state index contributed by atoms with van der Waals surface area (Å²) in [7, 11) is 1.71. The van der Waals surface area contributed by atoms with Crippen LogP contribution in [0.3, 0.4) is 0 Å². The largest absolute Gasteiger partial charge is 0.497 e. The van der Waals surface area contributed by atoms with Gasteiger partial charge in [-0.25, -0.2) is 0 Å². The van der Waals surface area contributed by atoms with Crippen LogP contribution in [0.2, 0.25) is 0 Å². The standard InChI is InChI=1S/C19H30N2O2/c1-23-17-8-6-16(7-9-17)10-11-20-12-14-21(15-13-20)18-4-2-3-5-19(18)22/h6-9,18-19,22H,2-5,10-15H2,1H3/t18-,19-/m0/s1. The first-order chi connectivity index (χ1) is 11.3. The zero-order valence-electron chi connectivity index (χ0n) is 14.3. The SMILES string of the molecule is COc1ccc(CCN2CCN([C@H]3CCCC[C@@H]3O)CC2)cc1. The van der Waals surface area contributed by atoms with E-state index in [-0.39, 0.29) is 6.10 Å². The summed E-state index contributed by atoms with van der Waals surface area (Å²) < 4.78 is 5.21. The van der Waals surface area contributed by atoms with E-state index in [1.165, 1.54) is 24.8 Å². The molecule has 23 heavy (non-hydrogen) atoms. The van der Waals surface area contributed by atoms with Crippen LogP contribution < -0.4 is 4.74 Å². The van der Waals surface area contributed by atoms with E-state index < -0.39 is 0 Å². The number of piperazine rings is 1. The first-order valence-electron chi connectivity index (χ1n) is 9.03. The molecule has 1 aromatic carbocycles. The van der Waals surface area contributed by atoms with Crippen LogP contribution >= 0.6 is 0 Å². The molecule has 0 aromatic heterocycles. The van der Waals surface area contributed by atoms with E-state index in [0.29, 0.717) is 6.04 Å². The Hall–Kier alpha value is -1.10. The summed E-state index contributed by atoms with van der Waals surface area (Å²) in [6.07, 6.45) is 5.62. The number of hydrogen-bond acceptors (Lipinski definition) is 4. The Morgan fingerprint density at radius 3 is 2.39 bits per heavy atom. The molecule has 2 aliphatic rings. The molecule has 3 rings (SSSR count). The van der Waals surface area contributed by atoms with Gasteiger partial charge in [0.25, 0.3) is 0 Å². The molecule has 1 saturated carbocycles. The second-order valence-corrected chi connectivity index (χ2v) is 6.89. The molecule has 1 aliphatic carbocycles. The lowest BCUT2D eigenvalue weighted by atomic mass is 9.91. The topological polar surface area (TPSA) is 35.9 Å². The zero-order chi connectivity index (χ0) is 16.1. The number of aliphatic hydroxyl groups excluding tert-OH is 1. The minimum atomic E-state index is -0.102. The molecule has 2 atom stereocenters. The third kappa shape index (κ3) is 4.46. The first kappa shape index (κ1) is 16.7. The fourth-order valence-corrected chi connectivity index (χ4v) is 3.92.